The van der Waals surface area contributed by atoms with Gasteiger partial charge in [0.25, 0.3) is 0 Å². The van der Waals surface area contributed by atoms with Gasteiger partial charge in [0.1, 0.15) is 0 Å². The van der Waals surface area contributed by atoms with Crippen molar-refractivity contribution in [2.75, 3.05) is 0 Å². The number of primary amides is 1. The Kier molecular flexibility index (Phi) is 14.6. The zero-order chi connectivity index (χ0) is 7.21. The number of carbonyl (C=O) groups excluding carboxylic acids is 1. The maximum Gasteiger partial charge on any atom is 1.00 e. The Morgan fingerprint density at radius 2 is 1.33 bits per heavy atom. The van der Waals surface area contributed by atoms with Gasteiger partial charge in [-0.2, -0.15) is 6.41 Å². The molecule has 0 saturated heterocycles. The van der Waals surface area contributed by atoms with Gasteiger partial charge in [-0.25, -0.2) is 4.57 Å². The van der Waals surface area contributed by atoms with Crippen LogP contribution in [-0.2, 0) is 9.36 Å². The first-order valence-corrected chi connectivity index (χ1v) is 2.84. The molecule has 0 aliphatic rings. The summed E-state index contributed by atoms with van der Waals surface area (Å²) in [4.78, 5) is 30.0. The van der Waals surface area contributed by atoms with Crippen molar-refractivity contribution in [1.29, 1.82) is 0 Å². The summed E-state index contributed by atoms with van der Waals surface area (Å²) in [6.07, 6.45) is 1.00. The Balaban J connectivity index is -0.0000000800. The number of amides is 1. The van der Waals surface area contributed by atoms with E-state index in [2.05, 4.69) is 5.73 Å². The fourth-order valence-corrected chi connectivity index (χ4v) is 0. The molecule has 8 heteroatoms. The van der Waals surface area contributed by atoms with Crippen LogP contribution in [0.4, 0.5) is 0 Å². The van der Waals surface area contributed by atoms with E-state index >= 15 is 0 Å². The summed E-state index contributed by atoms with van der Waals surface area (Å²) >= 11 is 0. The molecule has 0 aromatic carbocycles. The second-order valence-electron chi connectivity index (χ2n) is 0.631. The van der Waals surface area contributed by atoms with Gasteiger partial charge in [0.05, 0.1) is 0 Å². The van der Waals surface area contributed by atoms with Gasteiger partial charge in [0.2, 0.25) is 0 Å². The van der Waals surface area contributed by atoms with Gasteiger partial charge in [-0.1, -0.05) is 0 Å². The second kappa shape index (κ2) is 8.18. The molecule has 5 N–H and O–H groups in total. The molecule has 0 unspecified atom stereocenters. The van der Waals surface area contributed by atoms with E-state index in [4.69, 9.17) is 24.0 Å². The minimum absolute atomic E-state index is 0. The third-order valence-electron chi connectivity index (χ3n) is 0. The van der Waals surface area contributed by atoms with Gasteiger partial charge in [-0.05, 0) is 0 Å². The van der Waals surface area contributed by atoms with Crippen LogP contribution >= 0.6 is 7.82 Å². The molecule has 0 bridgehead atoms. The zero-order valence-corrected chi connectivity index (χ0v) is 5.58. The van der Waals surface area contributed by atoms with Gasteiger partial charge in [-0.3, -0.25) is 0 Å². The quantitative estimate of drug-likeness (QED) is 0.119. The van der Waals surface area contributed by atoms with Gasteiger partial charge in [0, 0.05) is 0 Å². The zero-order valence-electron chi connectivity index (χ0n) is 4.68. The average molecular weight is 149 g/mol. The Morgan fingerprint density at radius 1 is 1.33 bits per heavy atom. The maximum atomic E-state index is 8.88. The number of nitrogens with two attached hydrogens (primary N) is 1. The van der Waals surface area contributed by atoms with Crippen molar-refractivity contribution in [1.82, 2.24) is 0 Å². The smallest absolute Gasteiger partial charge is 0.543 e. The molecule has 0 aliphatic carbocycles. The molecule has 1 amide bonds. The first-order chi connectivity index (χ1) is 3.41. The monoisotopic (exact) mass is 149 g/mol. The molecule has 0 aliphatic heterocycles. The van der Waals surface area contributed by atoms with Crippen LogP contribution in [0.5, 0.6) is 0 Å². The maximum absolute atomic E-state index is 8.88. The molecule has 0 atom stereocenters. The predicted molar refractivity (Wildman–Crippen MR) is 24.1 cm³/mol. The summed E-state index contributed by atoms with van der Waals surface area (Å²) in [5.41, 5.74) is 4.04. The van der Waals surface area contributed by atoms with Crippen LogP contribution in [0.25, 0.3) is 0 Å². The number of hydrogen-bond acceptors (Lipinski definition) is 2. The van der Waals surface area contributed by atoms with Crippen molar-refractivity contribution in [2.45, 2.75) is 0 Å². The summed E-state index contributed by atoms with van der Waals surface area (Å²) < 4.78 is 8.88. The third kappa shape index (κ3) is 9920. The van der Waals surface area contributed by atoms with Crippen molar-refractivity contribution in [2.24, 2.45) is 5.73 Å². The minimum atomic E-state index is -4.64. The van der Waals surface area contributed by atoms with Crippen LogP contribution in [0.15, 0.2) is 0 Å². The third-order valence-corrected chi connectivity index (χ3v) is 0. The topological polar surface area (TPSA) is 121 Å². The van der Waals surface area contributed by atoms with Crippen LogP contribution in [0.3, 0.4) is 0 Å². The van der Waals surface area contributed by atoms with E-state index in [1.165, 1.54) is 0 Å². The average Bonchev–Trinajstić information content (AvgIpc) is 1.27. The molecule has 50 valence electrons. The number of rotatable bonds is 0. The largest absolute Gasteiger partial charge is 1.00 e. The second-order valence-corrected chi connectivity index (χ2v) is 1.66. The van der Waals surface area contributed by atoms with E-state index in [1.807, 2.05) is 0 Å². The normalized spacial score (nSPS) is 7.89. The molecule has 9 heavy (non-hydrogen) atoms. The van der Waals surface area contributed by atoms with Crippen molar-refractivity contribution < 1.29 is 42.9 Å². The molecular weight excluding hydrogens is 144 g/mol. The molecule has 0 rings (SSSR count). The Hall–Kier alpha value is 0.177. The molecule has 0 aromatic rings. The van der Waals surface area contributed by atoms with E-state index in [0.717, 1.165) is 6.41 Å². The van der Waals surface area contributed by atoms with Gasteiger partial charge >= 0.3 is 26.7 Å². The van der Waals surface area contributed by atoms with E-state index < -0.39 is 7.82 Å². The van der Waals surface area contributed by atoms with Crippen LogP contribution in [0.2, 0.25) is 0 Å². The molecule has 0 fully saturated rings. The van der Waals surface area contributed by atoms with Crippen LogP contribution in [0, 0.1) is 0 Å². The summed E-state index contributed by atoms with van der Waals surface area (Å²) in [5, 5.41) is 0. The Morgan fingerprint density at radius 3 is 1.33 bits per heavy atom. The van der Waals surface area contributed by atoms with Crippen LogP contribution in [0.1, 0.15) is 0 Å². The fourth-order valence-electron chi connectivity index (χ4n) is 0. The van der Waals surface area contributed by atoms with Crippen molar-refractivity contribution in [3.63, 3.8) is 0 Å². The summed E-state index contributed by atoms with van der Waals surface area (Å²) in [5.74, 6) is 0. The SMILES string of the molecule is N[C-]=O.O=P(O)(O)O.[Li+]. The Bertz CT molecular complexity index is 90.9. The number of hydrogen-bond donors (Lipinski definition) is 4. The van der Waals surface area contributed by atoms with Gasteiger partial charge in [-0.15, -0.1) is 0 Å². The van der Waals surface area contributed by atoms with E-state index in [1.54, 1.807) is 0 Å². The van der Waals surface area contributed by atoms with Crippen molar-refractivity contribution in [3.05, 3.63) is 0 Å². The standard InChI is InChI=1S/CH2NO.Li.H3O4P/c2-1-3;;1-5(2,3)4/h(H2,2,3);;(H3,1,2,3,4)/q-1;+1;. The first kappa shape index (κ1) is 16.1. The predicted octanol–water partition coefficient (Wildman–Crippen LogP) is -4.91. The fraction of sp³-hybridized carbons (Fsp3) is 0. The van der Waals surface area contributed by atoms with Crippen molar-refractivity contribution in [3.8, 4) is 0 Å². The number of phosphoric acid groups is 1. The van der Waals surface area contributed by atoms with Crippen LogP contribution in [-0.4, -0.2) is 21.1 Å². The summed E-state index contributed by atoms with van der Waals surface area (Å²) in [7, 11) is -4.64. The molecule has 0 spiro atoms. The van der Waals surface area contributed by atoms with Gasteiger partial charge < -0.3 is 25.2 Å². The molecule has 0 aromatic heterocycles. The summed E-state index contributed by atoms with van der Waals surface area (Å²) in [6.45, 7) is 0. The van der Waals surface area contributed by atoms with E-state index in [9.17, 15) is 0 Å². The summed E-state index contributed by atoms with van der Waals surface area (Å²) in [6, 6.07) is 0. The van der Waals surface area contributed by atoms with Crippen molar-refractivity contribution >= 4 is 14.2 Å². The molecule has 0 saturated carbocycles. The minimum Gasteiger partial charge on any atom is -0.543 e. The van der Waals surface area contributed by atoms with Crippen LogP contribution < -0.4 is 24.6 Å². The van der Waals surface area contributed by atoms with Gasteiger partial charge in [0.15, 0.2) is 0 Å². The molecular formula is CH5LiNO5P. The first-order valence-electron chi connectivity index (χ1n) is 1.28. The van der Waals surface area contributed by atoms with E-state index in [-0.39, 0.29) is 18.9 Å². The molecule has 6 nitrogen and oxygen atoms in total. The van der Waals surface area contributed by atoms with E-state index in [0.29, 0.717) is 0 Å². The molecule has 0 radical (unpaired) electrons. The molecule has 0 heterocycles. The Labute approximate surface area is 63.5 Å².